The van der Waals surface area contributed by atoms with Crippen molar-refractivity contribution in [2.45, 2.75) is 6.92 Å². The molecule has 7 heteroatoms. The molecule has 0 aliphatic rings. The summed E-state index contributed by atoms with van der Waals surface area (Å²) >= 11 is 0. The van der Waals surface area contributed by atoms with Crippen LogP contribution in [0, 0.1) is 6.92 Å². The highest BCUT2D eigenvalue weighted by atomic mass is 16.5. The van der Waals surface area contributed by atoms with Crippen molar-refractivity contribution in [1.29, 1.82) is 0 Å². The molecule has 1 aromatic heterocycles. The predicted molar refractivity (Wildman–Crippen MR) is 74.2 cm³/mol. The van der Waals surface area contributed by atoms with E-state index in [0.717, 1.165) is 5.56 Å². The normalized spacial score (nSPS) is 10.0. The first kappa shape index (κ1) is 13.9. The molecule has 0 aliphatic heterocycles. The van der Waals surface area contributed by atoms with Crippen LogP contribution in [0.5, 0.6) is 23.1 Å². The van der Waals surface area contributed by atoms with Crippen molar-refractivity contribution in [1.82, 2.24) is 9.97 Å². The smallest absolute Gasteiger partial charge is 0.240 e. The Morgan fingerprint density at radius 1 is 1.05 bits per heavy atom. The second-order valence-corrected chi connectivity index (χ2v) is 3.98. The predicted octanol–water partition coefficient (Wildman–Crippen LogP) is 1.88. The van der Waals surface area contributed by atoms with E-state index in [9.17, 15) is 0 Å². The Bertz CT molecular complexity index is 582. The highest BCUT2D eigenvalue weighted by Gasteiger charge is 2.08. The maximum atomic E-state index is 5.73. The van der Waals surface area contributed by atoms with Gasteiger partial charge in [-0.25, -0.2) is 10.8 Å². The molecule has 0 atom stereocenters. The van der Waals surface area contributed by atoms with Gasteiger partial charge in [0.15, 0.2) is 0 Å². The summed E-state index contributed by atoms with van der Waals surface area (Å²) in [6.07, 6.45) is 1.62. The van der Waals surface area contributed by atoms with E-state index < -0.39 is 0 Å². The number of aryl methyl sites for hydroxylation is 1. The molecule has 2 rings (SSSR count). The molecule has 7 nitrogen and oxygen atoms in total. The molecule has 0 unspecified atom stereocenters. The highest BCUT2D eigenvalue weighted by molar-refractivity contribution is 5.44. The number of hydrogen-bond acceptors (Lipinski definition) is 7. The monoisotopic (exact) mass is 276 g/mol. The van der Waals surface area contributed by atoms with Crippen LogP contribution in [0.2, 0.25) is 0 Å². The summed E-state index contributed by atoms with van der Waals surface area (Å²) in [5, 5.41) is 0. The molecule has 0 amide bonds. The van der Waals surface area contributed by atoms with Gasteiger partial charge >= 0.3 is 0 Å². The number of nitrogens with zero attached hydrogens (tertiary/aromatic N) is 2. The number of rotatable bonds is 5. The number of methoxy groups -OCH3 is 2. The SMILES string of the molecule is COc1cc(OC)cc(Oc2nc(NN)ncc2C)c1. The molecule has 3 N–H and O–H groups in total. The Morgan fingerprint density at radius 3 is 2.20 bits per heavy atom. The van der Waals surface area contributed by atoms with Crippen molar-refractivity contribution >= 4 is 5.95 Å². The van der Waals surface area contributed by atoms with Gasteiger partial charge in [0.05, 0.1) is 14.2 Å². The molecule has 1 heterocycles. The average molecular weight is 276 g/mol. The lowest BCUT2D eigenvalue weighted by Crippen LogP contribution is -2.11. The first-order valence-corrected chi connectivity index (χ1v) is 5.87. The fraction of sp³-hybridized carbons (Fsp3) is 0.231. The van der Waals surface area contributed by atoms with Gasteiger partial charge in [0.1, 0.15) is 17.2 Å². The minimum Gasteiger partial charge on any atom is -0.496 e. The van der Waals surface area contributed by atoms with Crippen LogP contribution < -0.4 is 25.5 Å². The second kappa shape index (κ2) is 6.07. The molecular formula is C13H16N4O3. The second-order valence-electron chi connectivity index (χ2n) is 3.98. The number of ether oxygens (including phenoxy) is 3. The molecule has 0 fully saturated rings. The van der Waals surface area contributed by atoms with Gasteiger partial charge in [0, 0.05) is 30.0 Å². The molecule has 0 spiro atoms. The average Bonchev–Trinajstić information content (AvgIpc) is 2.49. The van der Waals surface area contributed by atoms with Crippen LogP contribution in [-0.4, -0.2) is 24.2 Å². The van der Waals surface area contributed by atoms with Gasteiger partial charge in [-0.05, 0) is 6.92 Å². The minimum atomic E-state index is 0.278. The van der Waals surface area contributed by atoms with Gasteiger partial charge in [-0.2, -0.15) is 4.98 Å². The maximum absolute atomic E-state index is 5.73. The first-order chi connectivity index (χ1) is 9.66. The van der Waals surface area contributed by atoms with E-state index in [1.807, 2.05) is 6.92 Å². The highest BCUT2D eigenvalue weighted by Crippen LogP contribution is 2.31. The Balaban J connectivity index is 2.33. The van der Waals surface area contributed by atoms with Crippen LogP contribution in [0.1, 0.15) is 5.56 Å². The number of nitrogens with two attached hydrogens (primary N) is 1. The zero-order valence-electron chi connectivity index (χ0n) is 11.5. The third-order valence-corrected chi connectivity index (χ3v) is 2.59. The fourth-order valence-corrected chi connectivity index (χ4v) is 1.55. The number of nitrogens with one attached hydrogen (secondary N) is 1. The Hall–Kier alpha value is -2.54. The van der Waals surface area contributed by atoms with Crippen LogP contribution in [0.15, 0.2) is 24.4 Å². The summed E-state index contributed by atoms with van der Waals surface area (Å²) in [7, 11) is 3.15. The van der Waals surface area contributed by atoms with Crippen molar-refractivity contribution < 1.29 is 14.2 Å². The summed E-state index contributed by atoms with van der Waals surface area (Å²) in [4.78, 5) is 8.14. The van der Waals surface area contributed by atoms with E-state index in [1.165, 1.54) is 0 Å². The number of hydrazine groups is 1. The van der Waals surface area contributed by atoms with Gasteiger partial charge < -0.3 is 14.2 Å². The standard InChI is InChI=1S/C13H16N4O3/c1-8-7-15-13(17-14)16-12(8)20-11-5-9(18-2)4-10(6-11)19-3/h4-7H,14H2,1-3H3,(H,15,16,17). The quantitative estimate of drug-likeness (QED) is 0.636. The third kappa shape index (κ3) is 3.07. The largest absolute Gasteiger partial charge is 0.496 e. The third-order valence-electron chi connectivity index (χ3n) is 2.59. The van der Waals surface area contributed by atoms with E-state index in [0.29, 0.717) is 23.1 Å². The molecule has 0 aliphatic carbocycles. The van der Waals surface area contributed by atoms with E-state index in [-0.39, 0.29) is 5.95 Å². The Kier molecular flexibility index (Phi) is 4.21. The van der Waals surface area contributed by atoms with Crippen LogP contribution >= 0.6 is 0 Å². The molecule has 0 saturated heterocycles. The lowest BCUT2D eigenvalue weighted by atomic mass is 10.3. The molecule has 20 heavy (non-hydrogen) atoms. The zero-order valence-corrected chi connectivity index (χ0v) is 11.5. The van der Waals surface area contributed by atoms with Crippen molar-refractivity contribution in [3.05, 3.63) is 30.0 Å². The number of hydrogen-bond donors (Lipinski definition) is 2. The molecule has 1 aromatic carbocycles. The number of aromatic nitrogens is 2. The van der Waals surface area contributed by atoms with Crippen LogP contribution in [0.3, 0.4) is 0 Å². The van der Waals surface area contributed by atoms with Crippen LogP contribution in [0.4, 0.5) is 5.95 Å². The van der Waals surface area contributed by atoms with E-state index in [1.54, 1.807) is 38.6 Å². The molecule has 0 radical (unpaired) electrons. The van der Waals surface area contributed by atoms with E-state index in [2.05, 4.69) is 15.4 Å². The molecule has 0 saturated carbocycles. The summed E-state index contributed by atoms with van der Waals surface area (Å²) in [5.74, 6) is 7.77. The number of nitrogen functional groups attached to an aromatic ring is 1. The van der Waals surface area contributed by atoms with Gasteiger partial charge in [0.2, 0.25) is 11.8 Å². The summed E-state index contributed by atoms with van der Waals surface area (Å²) < 4.78 is 16.1. The van der Waals surface area contributed by atoms with Gasteiger partial charge in [-0.15, -0.1) is 0 Å². The number of benzene rings is 1. The lowest BCUT2D eigenvalue weighted by Gasteiger charge is -2.11. The zero-order chi connectivity index (χ0) is 14.5. The fourth-order valence-electron chi connectivity index (χ4n) is 1.55. The van der Waals surface area contributed by atoms with E-state index >= 15 is 0 Å². The van der Waals surface area contributed by atoms with Crippen molar-refractivity contribution in [2.75, 3.05) is 19.6 Å². The van der Waals surface area contributed by atoms with Crippen LogP contribution in [-0.2, 0) is 0 Å². The summed E-state index contributed by atoms with van der Waals surface area (Å²) in [5.41, 5.74) is 3.16. The van der Waals surface area contributed by atoms with Crippen LogP contribution in [0.25, 0.3) is 0 Å². The van der Waals surface area contributed by atoms with Crippen molar-refractivity contribution in [2.24, 2.45) is 5.84 Å². The molecule has 2 aromatic rings. The topological polar surface area (TPSA) is 91.5 Å². The Morgan fingerprint density at radius 2 is 1.65 bits per heavy atom. The van der Waals surface area contributed by atoms with Gasteiger partial charge in [-0.1, -0.05) is 0 Å². The van der Waals surface area contributed by atoms with Crippen molar-refractivity contribution in [3.8, 4) is 23.1 Å². The summed E-state index contributed by atoms with van der Waals surface area (Å²) in [6.45, 7) is 1.84. The van der Waals surface area contributed by atoms with Gasteiger partial charge in [0.25, 0.3) is 0 Å². The molecule has 0 bridgehead atoms. The molecular weight excluding hydrogens is 260 g/mol. The summed E-state index contributed by atoms with van der Waals surface area (Å²) in [6, 6.07) is 5.23. The number of anilines is 1. The minimum absolute atomic E-state index is 0.278. The van der Waals surface area contributed by atoms with Crippen molar-refractivity contribution in [3.63, 3.8) is 0 Å². The maximum Gasteiger partial charge on any atom is 0.240 e. The van der Waals surface area contributed by atoms with E-state index in [4.69, 9.17) is 20.1 Å². The Labute approximate surface area is 116 Å². The van der Waals surface area contributed by atoms with Gasteiger partial charge in [-0.3, -0.25) is 5.43 Å². The lowest BCUT2D eigenvalue weighted by molar-refractivity contribution is 0.384. The first-order valence-electron chi connectivity index (χ1n) is 5.87. The molecule has 106 valence electrons.